The standard InChI is InChI=1S/C13H18N4O2S/c1-3-17-9-15-16-12(17)8-14-7-11-5-4-10(20-11)6-13(18)19-2/h4-5,9,14H,3,6-8H2,1-2H3. The maximum Gasteiger partial charge on any atom is 0.310 e. The van der Waals surface area contributed by atoms with Crippen LogP contribution in [0.15, 0.2) is 18.5 Å². The molecule has 2 aromatic heterocycles. The second-order valence-corrected chi connectivity index (χ2v) is 5.51. The van der Waals surface area contributed by atoms with Gasteiger partial charge in [0.05, 0.1) is 20.1 Å². The number of ether oxygens (including phenoxy) is 1. The molecule has 0 aliphatic carbocycles. The summed E-state index contributed by atoms with van der Waals surface area (Å²) in [5.74, 6) is 0.723. The summed E-state index contributed by atoms with van der Waals surface area (Å²) >= 11 is 1.62. The van der Waals surface area contributed by atoms with Gasteiger partial charge >= 0.3 is 5.97 Å². The van der Waals surface area contributed by atoms with E-state index in [2.05, 4.69) is 27.2 Å². The zero-order chi connectivity index (χ0) is 14.4. The minimum Gasteiger partial charge on any atom is -0.469 e. The first-order valence-corrected chi connectivity index (χ1v) is 7.26. The molecule has 0 saturated heterocycles. The average Bonchev–Trinajstić information content (AvgIpc) is 3.08. The van der Waals surface area contributed by atoms with Crippen molar-refractivity contribution in [2.45, 2.75) is 33.0 Å². The molecule has 0 spiro atoms. The van der Waals surface area contributed by atoms with Crippen molar-refractivity contribution in [1.29, 1.82) is 0 Å². The molecule has 0 aliphatic rings. The number of aryl methyl sites for hydroxylation is 1. The van der Waals surface area contributed by atoms with Crippen molar-refractivity contribution in [2.75, 3.05) is 7.11 Å². The second-order valence-electron chi connectivity index (χ2n) is 4.26. The fraction of sp³-hybridized carbons (Fsp3) is 0.462. The van der Waals surface area contributed by atoms with Gasteiger partial charge in [0.15, 0.2) is 0 Å². The maximum absolute atomic E-state index is 11.2. The molecule has 0 aromatic carbocycles. The highest BCUT2D eigenvalue weighted by Crippen LogP contribution is 2.17. The van der Waals surface area contributed by atoms with E-state index >= 15 is 0 Å². The third-order valence-corrected chi connectivity index (χ3v) is 3.97. The van der Waals surface area contributed by atoms with Crippen molar-refractivity contribution in [3.63, 3.8) is 0 Å². The van der Waals surface area contributed by atoms with E-state index in [0.29, 0.717) is 13.0 Å². The summed E-state index contributed by atoms with van der Waals surface area (Å²) < 4.78 is 6.66. The first-order valence-electron chi connectivity index (χ1n) is 6.44. The summed E-state index contributed by atoms with van der Waals surface area (Å²) in [5.41, 5.74) is 0. The lowest BCUT2D eigenvalue weighted by Crippen LogP contribution is -2.15. The van der Waals surface area contributed by atoms with Crippen LogP contribution in [0.3, 0.4) is 0 Å². The van der Waals surface area contributed by atoms with Gasteiger partial charge in [-0.05, 0) is 19.1 Å². The highest BCUT2D eigenvalue weighted by Gasteiger charge is 2.07. The molecule has 0 aliphatic heterocycles. The van der Waals surface area contributed by atoms with Gasteiger partial charge in [-0.2, -0.15) is 0 Å². The maximum atomic E-state index is 11.2. The Balaban J connectivity index is 1.81. The molecular formula is C13H18N4O2S. The van der Waals surface area contributed by atoms with Gasteiger partial charge in [-0.25, -0.2) is 0 Å². The Kier molecular flexibility index (Phi) is 5.25. The molecule has 0 saturated carbocycles. The number of aromatic nitrogens is 3. The first kappa shape index (κ1) is 14.7. The summed E-state index contributed by atoms with van der Waals surface area (Å²) in [6.45, 7) is 4.36. The number of nitrogens with one attached hydrogen (secondary N) is 1. The molecular weight excluding hydrogens is 276 g/mol. The number of hydrogen-bond acceptors (Lipinski definition) is 6. The fourth-order valence-electron chi connectivity index (χ4n) is 1.80. The third-order valence-electron chi connectivity index (χ3n) is 2.88. The van der Waals surface area contributed by atoms with E-state index < -0.39 is 0 Å². The predicted molar refractivity (Wildman–Crippen MR) is 76.3 cm³/mol. The molecule has 0 fully saturated rings. The number of rotatable bonds is 7. The smallest absolute Gasteiger partial charge is 0.310 e. The number of carbonyl (C=O) groups is 1. The predicted octanol–water partition coefficient (Wildman–Crippen LogP) is 1.36. The van der Waals surface area contributed by atoms with E-state index in [0.717, 1.165) is 23.8 Å². The monoisotopic (exact) mass is 294 g/mol. The molecule has 20 heavy (non-hydrogen) atoms. The van der Waals surface area contributed by atoms with Crippen LogP contribution >= 0.6 is 11.3 Å². The van der Waals surface area contributed by atoms with Gasteiger partial charge in [0, 0.05) is 22.8 Å². The lowest BCUT2D eigenvalue weighted by Gasteiger charge is -2.04. The Hall–Kier alpha value is -1.73. The second kappa shape index (κ2) is 7.16. The van der Waals surface area contributed by atoms with Crippen molar-refractivity contribution in [3.8, 4) is 0 Å². The van der Waals surface area contributed by atoms with Crippen LogP contribution in [-0.4, -0.2) is 27.8 Å². The number of hydrogen-bond donors (Lipinski definition) is 1. The molecule has 0 radical (unpaired) electrons. The lowest BCUT2D eigenvalue weighted by molar-refractivity contribution is -0.139. The van der Waals surface area contributed by atoms with Crippen LogP contribution in [-0.2, 0) is 35.6 Å². The molecule has 2 aromatic rings. The van der Waals surface area contributed by atoms with E-state index in [1.807, 2.05) is 16.7 Å². The van der Waals surface area contributed by atoms with Crippen molar-refractivity contribution in [2.24, 2.45) is 0 Å². The molecule has 0 bridgehead atoms. The molecule has 6 nitrogen and oxygen atoms in total. The summed E-state index contributed by atoms with van der Waals surface area (Å²) in [6.07, 6.45) is 2.07. The zero-order valence-electron chi connectivity index (χ0n) is 11.6. The lowest BCUT2D eigenvalue weighted by atomic mass is 10.3. The van der Waals surface area contributed by atoms with Gasteiger partial charge < -0.3 is 14.6 Å². The quantitative estimate of drug-likeness (QED) is 0.781. The fourth-order valence-corrected chi connectivity index (χ4v) is 2.78. The first-order chi connectivity index (χ1) is 9.72. The number of esters is 1. The van der Waals surface area contributed by atoms with Crippen LogP contribution in [0.2, 0.25) is 0 Å². The molecule has 1 N–H and O–H groups in total. The SMILES string of the molecule is CCn1cnnc1CNCc1ccc(CC(=O)OC)s1. The minimum atomic E-state index is -0.206. The summed E-state index contributed by atoms with van der Waals surface area (Å²) in [6, 6.07) is 3.99. The van der Waals surface area contributed by atoms with Crippen LogP contribution in [0.4, 0.5) is 0 Å². The van der Waals surface area contributed by atoms with E-state index in [9.17, 15) is 4.79 Å². The minimum absolute atomic E-state index is 0.206. The largest absolute Gasteiger partial charge is 0.469 e. The molecule has 7 heteroatoms. The van der Waals surface area contributed by atoms with Gasteiger partial charge in [-0.3, -0.25) is 4.79 Å². The van der Waals surface area contributed by atoms with Crippen molar-refractivity contribution in [1.82, 2.24) is 20.1 Å². The van der Waals surface area contributed by atoms with Crippen LogP contribution in [0, 0.1) is 0 Å². The van der Waals surface area contributed by atoms with Gasteiger partial charge in [0.2, 0.25) is 0 Å². The Morgan fingerprint density at radius 2 is 2.20 bits per heavy atom. The topological polar surface area (TPSA) is 69.0 Å². The zero-order valence-corrected chi connectivity index (χ0v) is 12.4. The normalized spacial score (nSPS) is 10.7. The van der Waals surface area contributed by atoms with Crippen LogP contribution in [0.5, 0.6) is 0 Å². The average molecular weight is 294 g/mol. The van der Waals surface area contributed by atoms with Crippen molar-refractivity contribution in [3.05, 3.63) is 34.0 Å². The number of methoxy groups -OCH3 is 1. The van der Waals surface area contributed by atoms with Crippen molar-refractivity contribution >= 4 is 17.3 Å². The van der Waals surface area contributed by atoms with Crippen molar-refractivity contribution < 1.29 is 9.53 Å². The Labute approximate surface area is 121 Å². The Morgan fingerprint density at radius 3 is 2.95 bits per heavy atom. The summed E-state index contributed by atoms with van der Waals surface area (Å²) in [7, 11) is 1.41. The Bertz CT molecular complexity index is 564. The van der Waals surface area contributed by atoms with E-state index in [-0.39, 0.29) is 5.97 Å². The van der Waals surface area contributed by atoms with Gasteiger partial charge in [0.25, 0.3) is 0 Å². The van der Waals surface area contributed by atoms with Gasteiger partial charge in [-0.15, -0.1) is 21.5 Å². The van der Waals surface area contributed by atoms with Crippen LogP contribution < -0.4 is 5.32 Å². The number of nitrogens with zero attached hydrogens (tertiary/aromatic N) is 3. The van der Waals surface area contributed by atoms with Crippen LogP contribution in [0.1, 0.15) is 22.5 Å². The molecule has 2 rings (SSSR count). The molecule has 0 amide bonds. The molecule has 2 heterocycles. The summed E-state index contributed by atoms with van der Waals surface area (Å²) in [5, 5.41) is 11.3. The van der Waals surface area contributed by atoms with E-state index in [1.54, 1.807) is 17.7 Å². The number of carbonyl (C=O) groups excluding carboxylic acids is 1. The summed E-state index contributed by atoms with van der Waals surface area (Å²) in [4.78, 5) is 13.4. The number of thiophene rings is 1. The van der Waals surface area contributed by atoms with E-state index in [1.165, 1.54) is 12.0 Å². The highest BCUT2D eigenvalue weighted by molar-refractivity contribution is 7.12. The van der Waals surface area contributed by atoms with Gasteiger partial charge in [-0.1, -0.05) is 0 Å². The Morgan fingerprint density at radius 1 is 1.40 bits per heavy atom. The van der Waals surface area contributed by atoms with Gasteiger partial charge in [0.1, 0.15) is 12.2 Å². The third kappa shape index (κ3) is 3.88. The molecule has 108 valence electrons. The van der Waals surface area contributed by atoms with E-state index in [4.69, 9.17) is 0 Å². The molecule has 0 unspecified atom stereocenters. The highest BCUT2D eigenvalue weighted by atomic mass is 32.1. The molecule has 0 atom stereocenters. The van der Waals surface area contributed by atoms with Crippen LogP contribution in [0.25, 0.3) is 0 Å².